The maximum atomic E-state index is 11.5. The molecule has 0 fully saturated rings. The number of carbonyl (C=O) groups excluding carboxylic acids is 1. The normalized spacial score (nSPS) is 9.81. The molecule has 0 bridgehead atoms. The van der Waals surface area contributed by atoms with Gasteiger partial charge in [0, 0.05) is 0 Å². The van der Waals surface area contributed by atoms with Crippen LogP contribution in [0.4, 0.5) is 0 Å². The molecule has 0 saturated heterocycles. The van der Waals surface area contributed by atoms with Crippen molar-refractivity contribution in [1.82, 2.24) is 0 Å². The van der Waals surface area contributed by atoms with Crippen LogP contribution in [-0.2, 0) is 4.74 Å². The number of benzene rings is 1. The van der Waals surface area contributed by atoms with Crippen molar-refractivity contribution in [2.45, 2.75) is 19.8 Å². The lowest BCUT2D eigenvalue weighted by Crippen LogP contribution is -2.07. The second-order valence-electron chi connectivity index (χ2n) is 3.38. The van der Waals surface area contributed by atoms with E-state index in [1.807, 2.05) is 6.92 Å². The summed E-state index contributed by atoms with van der Waals surface area (Å²) in [5.41, 5.74) is 0.362. The van der Waals surface area contributed by atoms with Crippen molar-refractivity contribution in [2.24, 2.45) is 0 Å². The van der Waals surface area contributed by atoms with Crippen LogP contribution in [0.15, 0.2) is 24.3 Å². The monoisotopic (exact) mass is 222 g/mol. The molecule has 0 aromatic heterocycles. The van der Waals surface area contributed by atoms with Crippen LogP contribution >= 0.6 is 0 Å². The van der Waals surface area contributed by atoms with Crippen molar-refractivity contribution in [1.29, 1.82) is 0 Å². The van der Waals surface area contributed by atoms with Gasteiger partial charge in [-0.2, -0.15) is 0 Å². The van der Waals surface area contributed by atoms with E-state index in [-0.39, 0.29) is 11.1 Å². The standard InChI is InChI=1S/C12H14O4/c1-2-3-7-16-12(15)10-6-4-5-9(8-10)11(13)14/h4-6,8H,2-3,7H2,1H3,(H,13,14). The van der Waals surface area contributed by atoms with E-state index in [1.165, 1.54) is 18.2 Å². The van der Waals surface area contributed by atoms with Crippen LogP contribution in [0.1, 0.15) is 40.5 Å². The molecule has 0 aliphatic heterocycles. The molecule has 1 N–H and O–H groups in total. The van der Waals surface area contributed by atoms with E-state index < -0.39 is 11.9 Å². The number of esters is 1. The molecule has 1 aromatic carbocycles. The summed E-state index contributed by atoms with van der Waals surface area (Å²) < 4.78 is 4.97. The number of hydrogen-bond donors (Lipinski definition) is 1. The summed E-state index contributed by atoms with van der Waals surface area (Å²) in [6.45, 7) is 2.37. The predicted octanol–water partition coefficient (Wildman–Crippen LogP) is 2.34. The second-order valence-corrected chi connectivity index (χ2v) is 3.38. The van der Waals surface area contributed by atoms with Gasteiger partial charge < -0.3 is 9.84 Å². The third-order valence-electron chi connectivity index (χ3n) is 2.08. The number of hydrogen-bond acceptors (Lipinski definition) is 3. The number of carboxylic acids is 1. The molecule has 0 radical (unpaired) electrons. The fraction of sp³-hybridized carbons (Fsp3) is 0.333. The van der Waals surface area contributed by atoms with E-state index in [1.54, 1.807) is 6.07 Å². The summed E-state index contributed by atoms with van der Waals surface area (Å²) in [5.74, 6) is -1.53. The van der Waals surface area contributed by atoms with Crippen LogP contribution in [0.25, 0.3) is 0 Å². The SMILES string of the molecule is CCCCOC(=O)c1cccc(C(=O)O)c1. The summed E-state index contributed by atoms with van der Waals surface area (Å²) >= 11 is 0. The Morgan fingerprint density at radius 1 is 1.31 bits per heavy atom. The first-order chi connectivity index (χ1) is 7.65. The number of unbranched alkanes of at least 4 members (excludes halogenated alkanes) is 1. The van der Waals surface area contributed by atoms with Gasteiger partial charge in [0.05, 0.1) is 17.7 Å². The number of ether oxygens (including phenoxy) is 1. The number of carboxylic acid groups (broad SMARTS) is 1. The highest BCUT2D eigenvalue weighted by atomic mass is 16.5. The second kappa shape index (κ2) is 5.90. The topological polar surface area (TPSA) is 63.6 Å². The van der Waals surface area contributed by atoms with Gasteiger partial charge in [0.15, 0.2) is 0 Å². The summed E-state index contributed by atoms with van der Waals surface area (Å²) in [6.07, 6.45) is 1.76. The van der Waals surface area contributed by atoms with E-state index >= 15 is 0 Å². The number of carbonyl (C=O) groups is 2. The maximum absolute atomic E-state index is 11.5. The lowest BCUT2D eigenvalue weighted by atomic mass is 10.1. The van der Waals surface area contributed by atoms with E-state index in [4.69, 9.17) is 9.84 Å². The highest BCUT2D eigenvalue weighted by Gasteiger charge is 2.09. The zero-order valence-corrected chi connectivity index (χ0v) is 9.10. The van der Waals surface area contributed by atoms with E-state index in [0.29, 0.717) is 6.61 Å². The van der Waals surface area contributed by atoms with Crippen molar-refractivity contribution >= 4 is 11.9 Å². The fourth-order valence-electron chi connectivity index (χ4n) is 1.17. The zero-order valence-electron chi connectivity index (χ0n) is 9.10. The highest BCUT2D eigenvalue weighted by Crippen LogP contribution is 2.07. The minimum Gasteiger partial charge on any atom is -0.478 e. The zero-order chi connectivity index (χ0) is 12.0. The van der Waals surface area contributed by atoms with Gasteiger partial charge in [-0.15, -0.1) is 0 Å². The molecule has 0 saturated carbocycles. The lowest BCUT2D eigenvalue weighted by Gasteiger charge is -2.04. The molecular weight excluding hydrogens is 208 g/mol. The molecule has 4 heteroatoms. The molecule has 0 spiro atoms. The molecule has 0 heterocycles. The Morgan fingerprint density at radius 2 is 2.00 bits per heavy atom. The number of rotatable bonds is 5. The molecule has 0 atom stereocenters. The van der Waals surface area contributed by atoms with Gasteiger partial charge in [-0.1, -0.05) is 19.4 Å². The lowest BCUT2D eigenvalue weighted by molar-refractivity contribution is 0.0499. The van der Waals surface area contributed by atoms with Gasteiger partial charge in [-0.05, 0) is 24.6 Å². The average molecular weight is 222 g/mol. The smallest absolute Gasteiger partial charge is 0.338 e. The Kier molecular flexibility index (Phi) is 4.51. The minimum absolute atomic E-state index is 0.0879. The molecule has 0 amide bonds. The van der Waals surface area contributed by atoms with Crippen LogP contribution in [0.2, 0.25) is 0 Å². The molecule has 4 nitrogen and oxygen atoms in total. The molecular formula is C12H14O4. The van der Waals surface area contributed by atoms with Crippen molar-refractivity contribution in [3.05, 3.63) is 35.4 Å². The average Bonchev–Trinajstić information content (AvgIpc) is 2.29. The van der Waals surface area contributed by atoms with E-state index in [0.717, 1.165) is 12.8 Å². The van der Waals surface area contributed by atoms with Crippen LogP contribution in [0, 0.1) is 0 Å². The molecule has 1 rings (SSSR count). The highest BCUT2D eigenvalue weighted by molar-refractivity contribution is 5.94. The molecule has 1 aromatic rings. The Labute approximate surface area is 93.9 Å². The first-order valence-corrected chi connectivity index (χ1v) is 5.15. The van der Waals surface area contributed by atoms with Gasteiger partial charge in [0.2, 0.25) is 0 Å². The van der Waals surface area contributed by atoms with E-state index in [2.05, 4.69) is 0 Å². The van der Waals surface area contributed by atoms with Crippen molar-refractivity contribution < 1.29 is 19.4 Å². The van der Waals surface area contributed by atoms with Gasteiger partial charge in [0.25, 0.3) is 0 Å². The minimum atomic E-state index is -1.05. The summed E-state index contributed by atoms with van der Waals surface area (Å²) in [4.78, 5) is 22.2. The van der Waals surface area contributed by atoms with Crippen LogP contribution < -0.4 is 0 Å². The van der Waals surface area contributed by atoms with Crippen molar-refractivity contribution in [3.8, 4) is 0 Å². The molecule has 0 aliphatic rings. The van der Waals surface area contributed by atoms with Crippen LogP contribution in [-0.4, -0.2) is 23.7 Å². The first-order valence-electron chi connectivity index (χ1n) is 5.15. The summed E-state index contributed by atoms with van der Waals surface area (Å²) in [6, 6.07) is 5.82. The Balaban J connectivity index is 2.68. The Bertz CT molecular complexity index is 384. The fourth-order valence-corrected chi connectivity index (χ4v) is 1.17. The molecule has 0 unspecified atom stereocenters. The Morgan fingerprint density at radius 3 is 2.62 bits per heavy atom. The largest absolute Gasteiger partial charge is 0.478 e. The van der Waals surface area contributed by atoms with E-state index in [9.17, 15) is 9.59 Å². The molecule has 86 valence electrons. The number of aromatic carboxylic acids is 1. The quantitative estimate of drug-likeness (QED) is 0.613. The van der Waals surface area contributed by atoms with Crippen LogP contribution in [0.3, 0.4) is 0 Å². The van der Waals surface area contributed by atoms with Gasteiger partial charge in [-0.3, -0.25) is 0 Å². The van der Waals surface area contributed by atoms with Crippen molar-refractivity contribution in [2.75, 3.05) is 6.61 Å². The molecule has 0 aliphatic carbocycles. The Hall–Kier alpha value is -1.84. The maximum Gasteiger partial charge on any atom is 0.338 e. The third kappa shape index (κ3) is 3.38. The first kappa shape index (κ1) is 12.2. The third-order valence-corrected chi connectivity index (χ3v) is 2.08. The van der Waals surface area contributed by atoms with Gasteiger partial charge in [0.1, 0.15) is 0 Å². The summed E-state index contributed by atoms with van der Waals surface area (Å²) in [7, 11) is 0. The predicted molar refractivity (Wildman–Crippen MR) is 58.6 cm³/mol. The van der Waals surface area contributed by atoms with Crippen LogP contribution in [0.5, 0.6) is 0 Å². The van der Waals surface area contributed by atoms with Gasteiger partial charge >= 0.3 is 11.9 Å². The van der Waals surface area contributed by atoms with Gasteiger partial charge in [-0.25, -0.2) is 9.59 Å². The summed E-state index contributed by atoms with van der Waals surface area (Å²) in [5, 5.41) is 8.75. The molecule has 16 heavy (non-hydrogen) atoms. The van der Waals surface area contributed by atoms with Crippen molar-refractivity contribution in [3.63, 3.8) is 0 Å².